The lowest BCUT2D eigenvalue weighted by Gasteiger charge is -2.22. The van der Waals surface area contributed by atoms with Gasteiger partial charge in [-0.2, -0.15) is 0 Å². The molecule has 1 N–H and O–H groups in total. The van der Waals surface area contributed by atoms with Crippen molar-refractivity contribution in [2.24, 2.45) is 0 Å². The normalized spacial score (nSPS) is 16.9. The number of hydrogen-bond donors (Lipinski definition) is 1. The van der Waals surface area contributed by atoms with Crippen molar-refractivity contribution in [2.75, 3.05) is 19.8 Å². The van der Waals surface area contributed by atoms with Crippen molar-refractivity contribution in [3.8, 4) is 0 Å². The molecule has 0 saturated carbocycles. The summed E-state index contributed by atoms with van der Waals surface area (Å²) in [5.41, 5.74) is 1.43. The molecule has 0 amide bonds. The van der Waals surface area contributed by atoms with Crippen molar-refractivity contribution >= 4 is 11.8 Å². The first kappa shape index (κ1) is 13.9. The zero-order valence-electron chi connectivity index (χ0n) is 11.2. The van der Waals surface area contributed by atoms with Crippen LogP contribution in [0.2, 0.25) is 0 Å². The number of benzene rings is 1. The molecule has 2 nitrogen and oxygen atoms in total. The number of rotatable bonds is 6. The highest BCUT2D eigenvalue weighted by atomic mass is 32.2. The van der Waals surface area contributed by atoms with E-state index in [4.69, 9.17) is 4.74 Å². The molecule has 1 aromatic rings. The second-order valence-corrected chi connectivity index (χ2v) is 6.06. The number of hydrogen-bond acceptors (Lipinski definition) is 3. The Balaban J connectivity index is 1.93. The van der Waals surface area contributed by atoms with Crippen LogP contribution in [-0.2, 0) is 11.3 Å². The van der Waals surface area contributed by atoms with Crippen LogP contribution in [0.3, 0.4) is 0 Å². The summed E-state index contributed by atoms with van der Waals surface area (Å²) in [6.07, 6.45) is 3.55. The lowest BCUT2D eigenvalue weighted by atomic mass is 10.2. The monoisotopic (exact) mass is 265 g/mol. The summed E-state index contributed by atoms with van der Waals surface area (Å²) in [7, 11) is 0. The molecule has 1 aromatic carbocycles. The molecule has 18 heavy (non-hydrogen) atoms. The van der Waals surface area contributed by atoms with Gasteiger partial charge in [0, 0.05) is 29.9 Å². The average Bonchev–Trinajstić information content (AvgIpc) is 2.42. The van der Waals surface area contributed by atoms with Crippen LogP contribution < -0.4 is 5.32 Å². The lowest BCUT2D eigenvalue weighted by molar-refractivity contribution is 0.1000. The van der Waals surface area contributed by atoms with Gasteiger partial charge in [0.25, 0.3) is 0 Å². The van der Waals surface area contributed by atoms with E-state index >= 15 is 0 Å². The Morgan fingerprint density at radius 3 is 2.83 bits per heavy atom. The van der Waals surface area contributed by atoms with E-state index in [0.29, 0.717) is 0 Å². The molecule has 100 valence electrons. The first-order chi connectivity index (χ1) is 8.90. The molecule has 0 radical (unpaired) electrons. The standard InChI is InChI=1S/C15H23NOS/c1-2-9-16-12-13-5-3-4-6-15(13)18-14-7-10-17-11-8-14/h3-6,14,16H,2,7-12H2,1H3. The fraction of sp³-hybridized carbons (Fsp3) is 0.600. The SMILES string of the molecule is CCCNCc1ccccc1SC1CCOCC1. The van der Waals surface area contributed by atoms with Gasteiger partial charge in [-0.1, -0.05) is 25.1 Å². The van der Waals surface area contributed by atoms with Crippen LogP contribution in [0, 0.1) is 0 Å². The van der Waals surface area contributed by atoms with Crippen LogP contribution in [0.5, 0.6) is 0 Å². The molecule has 1 saturated heterocycles. The highest BCUT2D eigenvalue weighted by Crippen LogP contribution is 2.31. The number of thioether (sulfide) groups is 1. The molecule has 0 spiro atoms. The van der Waals surface area contributed by atoms with Crippen LogP contribution in [0.4, 0.5) is 0 Å². The Labute approximate surface area is 114 Å². The quantitative estimate of drug-likeness (QED) is 0.796. The van der Waals surface area contributed by atoms with Crippen LogP contribution in [0.25, 0.3) is 0 Å². The maximum atomic E-state index is 5.42. The summed E-state index contributed by atoms with van der Waals surface area (Å²) >= 11 is 2.03. The molecular formula is C15H23NOS. The fourth-order valence-corrected chi connectivity index (χ4v) is 3.37. The first-order valence-corrected chi connectivity index (χ1v) is 7.81. The minimum Gasteiger partial charge on any atom is -0.381 e. The zero-order valence-corrected chi connectivity index (χ0v) is 12.0. The molecule has 0 atom stereocenters. The summed E-state index contributed by atoms with van der Waals surface area (Å²) < 4.78 is 5.42. The minimum atomic E-state index is 0.728. The second kappa shape index (κ2) is 7.82. The minimum absolute atomic E-state index is 0.728. The van der Waals surface area contributed by atoms with Crippen LogP contribution in [0.1, 0.15) is 31.7 Å². The Morgan fingerprint density at radius 2 is 2.06 bits per heavy atom. The van der Waals surface area contributed by atoms with Gasteiger partial charge in [0.1, 0.15) is 0 Å². The van der Waals surface area contributed by atoms with E-state index in [1.165, 1.54) is 29.7 Å². The number of ether oxygens (including phenoxy) is 1. The smallest absolute Gasteiger partial charge is 0.0476 e. The Hall–Kier alpha value is -0.510. The highest BCUT2D eigenvalue weighted by molar-refractivity contribution is 8.00. The van der Waals surface area contributed by atoms with Crippen molar-refractivity contribution in [1.82, 2.24) is 5.32 Å². The van der Waals surface area contributed by atoms with E-state index in [1.54, 1.807) is 0 Å². The Morgan fingerprint density at radius 1 is 1.28 bits per heavy atom. The largest absolute Gasteiger partial charge is 0.381 e. The third kappa shape index (κ3) is 4.30. The van der Waals surface area contributed by atoms with E-state index in [1.807, 2.05) is 11.8 Å². The first-order valence-electron chi connectivity index (χ1n) is 6.93. The molecule has 1 fully saturated rings. The van der Waals surface area contributed by atoms with Gasteiger partial charge in [0.15, 0.2) is 0 Å². The third-order valence-electron chi connectivity index (χ3n) is 3.18. The van der Waals surface area contributed by atoms with Crippen LogP contribution >= 0.6 is 11.8 Å². The molecular weight excluding hydrogens is 242 g/mol. The molecule has 0 aromatic heterocycles. The Bertz CT molecular complexity index is 350. The fourth-order valence-electron chi connectivity index (χ4n) is 2.14. The van der Waals surface area contributed by atoms with Gasteiger partial charge in [0.05, 0.1) is 0 Å². The van der Waals surface area contributed by atoms with E-state index < -0.39 is 0 Å². The molecule has 0 unspecified atom stereocenters. The van der Waals surface area contributed by atoms with Gasteiger partial charge in [-0.3, -0.25) is 0 Å². The van der Waals surface area contributed by atoms with Gasteiger partial charge < -0.3 is 10.1 Å². The maximum absolute atomic E-state index is 5.42. The predicted molar refractivity (Wildman–Crippen MR) is 78.1 cm³/mol. The van der Waals surface area contributed by atoms with Crippen molar-refractivity contribution in [3.63, 3.8) is 0 Å². The topological polar surface area (TPSA) is 21.3 Å². The van der Waals surface area contributed by atoms with Gasteiger partial charge in [-0.05, 0) is 37.4 Å². The number of nitrogens with one attached hydrogen (secondary N) is 1. The van der Waals surface area contributed by atoms with E-state index in [2.05, 4.69) is 36.5 Å². The summed E-state index contributed by atoms with van der Waals surface area (Å²) in [4.78, 5) is 1.44. The molecule has 1 aliphatic rings. The van der Waals surface area contributed by atoms with E-state index in [0.717, 1.165) is 31.6 Å². The summed E-state index contributed by atoms with van der Waals surface area (Å²) in [5.74, 6) is 0. The van der Waals surface area contributed by atoms with Gasteiger partial charge in [-0.25, -0.2) is 0 Å². The zero-order chi connectivity index (χ0) is 12.6. The van der Waals surface area contributed by atoms with Gasteiger partial charge in [-0.15, -0.1) is 11.8 Å². The van der Waals surface area contributed by atoms with Crippen molar-refractivity contribution < 1.29 is 4.74 Å². The molecule has 1 heterocycles. The van der Waals surface area contributed by atoms with Crippen molar-refractivity contribution in [1.29, 1.82) is 0 Å². The summed E-state index contributed by atoms with van der Waals surface area (Å²) in [6.45, 7) is 6.13. The summed E-state index contributed by atoms with van der Waals surface area (Å²) in [5, 5.41) is 4.22. The molecule has 0 bridgehead atoms. The third-order valence-corrected chi connectivity index (χ3v) is 4.63. The van der Waals surface area contributed by atoms with Crippen LogP contribution in [-0.4, -0.2) is 25.0 Å². The Kier molecular flexibility index (Phi) is 6.05. The average molecular weight is 265 g/mol. The van der Waals surface area contributed by atoms with Crippen molar-refractivity contribution in [2.45, 2.75) is 42.9 Å². The molecule has 3 heteroatoms. The van der Waals surface area contributed by atoms with Gasteiger partial charge in [0.2, 0.25) is 0 Å². The predicted octanol–water partition coefficient (Wildman–Crippen LogP) is 3.46. The van der Waals surface area contributed by atoms with Gasteiger partial charge >= 0.3 is 0 Å². The summed E-state index contributed by atoms with van der Waals surface area (Å²) in [6, 6.07) is 8.77. The van der Waals surface area contributed by atoms with Crippen molar-refractivity contribution in [3.05, 3.63) is 29.8 Å². The lowest BCUT2D eigenvalue weighted by Crippen LogP contribution is -2.18. The van der Waals surface area contributed by atoms with E-state index in [9.17, 15) is 0 Å². The van der Waals surface area contributed by atoms with E-state index in [-0.39, 0.29) is 0 Å². The molecule has 0 aliphatic carbocycles. The highest BCUT2D eigenvalue weighted by Gasteiger charge is 2.16. The molecule has 2 rings (SSSR count). The molecule has 1 aliphatic heterocycles. The maximum Gasteiger partial charge on any atom is 0.0476 e. The van der Waals surface area contributed by atoms with Crippen LogP contribution in [0.15, 0.2) is 29.2 Å². The second-order valence-electron chi connectivity index (χ2n) is 4.71.